The van der Waals surface area contributed by atoms with Gasteiger partial charge in [-0.15, -0.1) is 0 Å². The number of hydrogen-bond donors (Lipinski definition) is 1. The van der Waals surface area contributed by atoms with Crippen LogP contribution in [0.2, 0.25) is 0 Å². The molecule has 0 bridgehead atoms. The van der Waals surface area contributed by atoms with Crippen LogP contribution in [0.1, 0.15) is 25.7 Å². The van der Waals surface area contributed by atoms with E-state index in [9.17, 15) is 4.79 Å². The summed E-state index contributed by atoms with van der Waals surface area (Å²) in [7, 11) is 0. The van der Waals surface area contributed by atoms with Crippen molar-refractivity contribution >= 4 is 28.4 Å². The molecule has 0 aliphatic heterocycles. The van der Waals surface area contributed by atoms with Crippen molar-refractivity contribution in [2.75, 3.05) is 4.90 Å². The third kappa shape index (κ3) is 2.56. The van der Waals surface area contributed by atoms with Crippen LogP contribution >= 0.6 is 0 Å². The van der Waals surface area contributed by atoms with E-state index in [1.54, 1.807) is 23.5 Å². The number of carbonyl (C=O) groups is 1. The van der Waals surface area contributed by atoms with Gasteiger partial charge in [0.2, 0.25) is 5.91 Å². The van der Waals surface area contributed by atoms with Crippen molar-refractivity contribution in [3.8, 4) is 0 Å². The molecule has 3 aromatic rings. The lowest BCUT2D eigenvalue weighted by Crippen LogP contribution is -2.32. The molecule has 0 spiro atoms. The van der Waals surface area contributed by atoms with Gasteiger partial charge in [-0.1, -0.05) is 12.8 Å². The molecule has 3 heterocycles. The summed E-state index contributed by atoms with van der Waals surface area (Å²) in [6.45, 7) is 0. The normalized spacial score (nSPS) is 15.1. The zero-order valence-electron chi connectivity index (χ0n) is 12.6. The summed E-state index contributed by atoms with van der Waals surface area (Å²) >= 11 is 0. The first-order valence-corrected chi connectivity index (χ1v) is 7.87. The number of rotatable bonds is 3. The maximum atomic E-state index is 13.1. The predicted molar refractivity (Wildman–Crippen MR) is 87.2 cm³/mol. The van der Waals surface area contributed by atoms with Crippen molar-refractivity contribution in [2.24, 2.45) is 5.92 Å². The lowest BCUT2D eigenvalue weighted by molar-refractivity contribution is -0.121. The Bertz CT molecular complexity index is 823. The number of anilines is 2. The van der Waals surface area contributed by atoms with E-state index < -0.39 is 0 Å². The first-order valence-electron chi connectivity index (χ1n) is 7.87. The standard InChI is InChI=1S/C17H17N5O/c23-17(12-4-1-2-5-12)22(13-6-3-9-18-10-13)16-8-7-14-15(20-16)11-19-21-14/h3,6-12H,1-2,4-5H2,(H,19,21). The molecule has 1 aliphatic rings. The Morgan fingerprint density at radius 3 is 2.83 bits per heavy atom. The summed E-state index contributed by atoms with van der Waals surface area (Å²) in [4.78, 5) is 23.5. The van der Waals surface area contributed by atoms with E-state index in [1.165, 1.54) is 0 Å². The lowest BCUT2D eigenvalue weighted by Gasteiger charge is -2.24. The smallest absolute Gasteiger partial charge is 0.235 e. The summed E-state index contributed by atoms with van der Waals surface area (Å²) in [5.74, 6) is 0.784. The molecule has 1 saturated carbocycles. The zero-order chi connectivity index (χ0) is 15.6. The highest BCUT2D eigenvalue weighted by molar-refractivity contribution is 6.01. The Kier molecular flexibility index (Phi) is 3.49. The quantitative estimate of drug-likeness (QED) is 0.806. The van der Waals surface area contributed by atoms with Crippen molar-refractivity contribution < 1.29 is 4.79 Å². The summed E-state index contributed by atoms with van der Waals surface area (Å²) in [6, 6.07) is 7.47. The lowest BCUT2D eigenvalue weighted by atomic mass is 10.1. The molecule has 23 heavy (non-hydrogen) atoms. The number of hydrogen-bond acceptors (Lipinski definition) is 4. The highest BCUT2D eigenvalue weighted by Crippen LogP contribution is 2.32. The molecule has 4 rings (SSSR count). The van der Waals surface area contributed by atoms with Crippen LogP contribution in [-0.2, 0) is 4.79 Å². The number of fused-ring (bicyclic) bond motifs is 1. The van der Waals surface area contributed by atoms with E-state index in [4.69, 9.17) is 0 Å². The number of nitrogens with zero attached hydrogens (tertiary/aromatic N) is 4. The molecule has 116 valence electrons. The van der Waals surface area contributed by atoms with Crippen LogP contribution in [0.15, 0.2) is 42.9 Å². The first kappa shape index (κ1) is 13.9. The molecule has 0 atom stereocenters. The van der Waals surface area contributed by atoms with Gasteiger partial charge in [-0.3, -0.25) is 19.8 Å². The number of pyridine rings is 2. The van der Waals surface area contributed by atoms with Crippen molar-refractivity contribution in [3.63, 3.8) is 0 Å². The second-order valence-corrected chi connectivity index (χ2v) is 5.84. The number of carbonyl (C=O) groups excluding carboxylic acids is 1. The summed E-state index contributed by atoms with van der Waals surface area (Å²) < 4.78 is 0. The second kappa shape index (κ2) is 5.79. The van der Waals surface area contributed by atoms with Crippen molar-refractivity contribution in [3.05, 3.63) is 42.9 Å². The van der Waals surface area contributed by atoms with Crippen LogP contribution in [0.5, 0.6) is 0 Å². The van der Waals surface area contributed by atoms with Crippen LogP contribution in [0.25, 0.3) is 11.0 Å². The summed E-state index contributed by atoms with van der Waals surface area (Å²) in [5.41, 5.74) is 2.35. The van der Waals surface area contributed by atoms with Gasteiger partial charge < -0.3 is 0 Å². The SMILES string of the molecule is O=C(C1CCCC1)N(c1cccnc1)c1ccc2[nH]ncc2n1. The average Bonchev–Trinajstić information content (AvgIpc) is 3.27. The molecule has 0 radical (unpaired) electrons. The highest BCUT2D eigenvalue weighted by Gasteiger charge is 2.30. The van der Waals surface area contributed by atoms with Gasteiger partial charge in [-0.05, 0) is 37.1 Å². The van der Waals surface area contributed by atoms with Gasteiger partial charge in [-0.25, -0.2) is 4.98 Å². The fraction of sp³-hybridized carbons (Fsp3) is 0.294. The van der Waals surface area contributed by atoms with Gasteiger partial charge in [0.1, 0.15) is 11.3 Å². The Morgan fingerprint density at radius 2 is 2.04 bits per heavy atom. The van der Waals surface area contributed by atoms with Gasteiger partial charge in [0.15, 0.2) is 0 Å². The number of amides is 1. The fourth-order valence-electron chi connectivity index (χ4n) is 3.16. The third-order valence-electron chi connectivity index (χ3n) is 4.34. The van der Waals surface area contributed by atoms with Crippen LogP contribution in [0, 0.1) is 5.92 Å². The Morgan fingerprint density at radius 1 is 1.17 bits per heavy atom. The van der Waals surface area contributed by atoms with Crippen molar-refractivity contribution in [2.45, 2.75) is 25.7 Å². The Balaban J connectivity index is 1.79. The molecule has 6 heteroatoms. The molecule has 1 aliphatic carbocycles. The van der Waals surface area contributed by atoms with Crippen LogP contribution in [-0.4, -0.2) is 26.1 Å². The molecule has 3 aromatic heterocycles. The van der Waals surface area contributed by atoms with E-state index in [1.807, 2.05) is 24.3 Å². The molecular weight excluding hydrogens is 290 g/mol. The molecule has 1 amide bonds. The topological polar surface area (TPSA) is 74.8 Å². The van der Waals surface area contributed by atoms with E-state index >= 15 is 0 Å². The number of aromatic amines is 1. The first-order chi connectivity index (χ1) is 11.3. The Labute approximate surface area is 133 Å². The van der Waals surface area contributed by atoms with Crippen LogP contribution < -0.4 is 4.90 Å². The fourth-order valence-corrected chi connectivity index (χ4v) is 3.16. The van der Waals surface area contributed by atoms with Gasteiger partial charge in [-0.2, -0.15) is 5.10 Å². The molecule has 0 saturated heterocycles. The van der Waals surface area contributed by atoms with Gasteiger partial charge >= 0.3 is 0 Å². The van der Waals surface area contributed by atoms with Gasteiger partial charge in [0.05, 0.1) is 23.6 Å². The minimum atomic E-state index is 0.0667. The monoisotopic (exact) mass is 307 g/mol. The minimum absolute atomic E-state index is 0.0667. The van der Waals surface area contributed by atoms with Crippen molar-refractivity contribution in [1.29, 1.82) is 0 Å². The third-order valence-corrected chi connectivity index (χ3v) is 4.34. The zero-order valence-corrected chi connectivity index (χ0v) is 12.6. The maximum Gasteiger partial charge on any atom is 0.235 e. The van der Waals surface area contributed by atoms with E-state index in [0.717, 1.165) is 42.4 Å². The van der Waals surface area contributed by atoms with E-state index in [-0.39, 0.29) is 11.8 Å². The number of nitrogens with one attached hydrogen (secondary N) is 1. The van der Waals surface area contributed by atoms with Crippen LogP contribution in [0.3, 0.4) is 0 Å². The highest BCUT2D eigenvalue weighted by atomic mass is 16.2. The average molecular weight is 307 g/mol. The summed E-state index contributed by atoms with van der Waals surface area (Å²) in [6.07, 6.45) is 9.20. The van der Waals surface area contributed by atoms with Crippen LogP contribution in [0.4, 0.5) is 11.5 Å². The van der Waals surface area contributed by atoms with Crippen molar-refractivity contribution in [1.82, 2.24) is 20.2 Å². The van der Waals surface area contributed by atoms with Gasteiger partial charge in [0, 0.05) is 12.1 Å². The molecule has 0 aromatic carbocycles. The van der Waals surface area contributed by atoms with E-state index in [2.05, 4.69) is 20.2 Å². The molecular formula is C17H17N5O. The Hall–Kier alpha value is -2.76. The van der Waals surface area contributed by atoms with Gasteiger partial charge in [0.25, 0.3) is 0 Å². The predicted octanol–water partition coefficient (Wildman–Crippen LogP) is 3.21. The molecule has 1 N–H and O–H groups in total. The van der Waals surface area contributed by atoms with E-state index in [0.29, 0.717) is 5.82 Å². The minimum Gasteiger partial charge on any atom is -0.276 e. The maximum absolute atomic E-state index is 13.1. The summed E-state index contributed by atoms with van der Waals surface area (Å²) in [5, 5.41) is 6.88. The second-order valence-electron chi connectivity index (χ2n) is 5.84. The number of aromatic nitrogens is 4. The molecule has 1 fully saturated rings. The molecule has 6 nitrogen and oxygen atoms in total. The number of H-pyrrole nitrogens is 1. The molecule has 0 unspecified atom stereocenters. The largest absolute Gasteiger partial charge is 0.276 e.